The van der Waals surface area contributed by atoms with Gasteiger partial charge in [0.1, 0.15) is 29.9 Å². The number of hydrogen-bond donors (Lipinski definition) is 0. The first-order valence-electron chi connectivity index (χ1n) is 21.8. The molecule has 0 saturated carbocycles. The second-order valence-corrected chi connectivity index (χ2v) is 20.2. The van der Waals surface area contributed by atoms with Crippen LogP contribution in [0, 0.1) is 6.92 Å². The normalized spacial score (nSPS) is 13.3. The van der Waals surface area contributed by atoms with Gasteiger partial charge >= 0.3 is 18.9 Å². The predicted molar refractivity (Wildman–Crippen MR) is 230 cm³/mol. The van der Waals surface area contributed by atoms with Crippen molar-refractivity contribution in [2.24, 2.45) is 0 Å². The van der Waals surface area contributed by atoms with Crippen LogP contribution in [-0.4, -0.2) is 83.0 Å². The van der Waals surface area contributed by atoms with Crippen LogP contribution < -0.4 is 0 Å². The minimum atomic E-state index is -4.27. The maximum Gasteiger partial charge on any atom is 0.424 e. The minimum Gasteiger partial charge on any atom is -0.744 e. The van der Waals surface area contributed by atoms with Crippen LogP contribution in [0.1, 0.15) is 174 Å². The van der Waals surface area contributed by atoms with Gasteiger partial charge in [-0.1, -0.05) is 160 Å². The Kier molecular flexibility index (Phi) is 33.3. The van der Waals surface area contributed by atoms with E-state index >= 15 is 0 Å². The lowest BCUT2D eigenvalue weighted by atomic mass is 10.1. The lowest BCUT2D eigenvalue weighted by Crippen LogP contribution is -2.37. The molecule has 0 spiro atoms. The van der Waals surface area contributed by atoms with Crippen LogP contribution in [0.15, 0.2) is 29.2 Å². The van der Waals surface area contributed by atoms with E-state index in [1.807, 2.05) is 28.1 Å². The molecule has 0 radical (unpaired) electrons. The third-order valence-electron chi connectivity index (χ3n) is 9.43. The molecule has 0 saturated heterocycles. The second kappa shape index (κ2) is 34.2. The highest BCUT2D eigenvalue weighted by Gasteiger charge is 2.27. The van der Waals surface area contributed by atoms with Crippen molar-refractivity contribution in [1.82, 2.24) is 0 Å². The van der Waals surface area contributed by atoms with Gasteiger partial charge < -0.3 is 18.5 Å². The number of likely N-dealkylation sites (N-methyl/N-ethyl adjacent to an activating group) is 1. The van der Waals surface area contributed by atoms with Gasteiger partial charge in [0.2, 0.25) is 0 Å². The first kappa shape index (κ1) is 55.5. The predicted octanol–water partition coefficient (Wildman–Crippen LogP) is 11.8. The number of nitrogens with zero attached hydrogens (tertiary/aromatic N) is 1. The SMILES string of the molecule is CCCCCCCCCCCCCC(=O)OC[C@@H](COP(=O)(Cl)OCC[N+](C)(C)C)OC(=O)CCCCCCCCCCCCC.Cc1ccc(S(=O)(=O)[O-])cc1. The second-order valence-electron chi connectivity index (χ2n) is 16.2. The smallest absolute Gasteiger partial charge is 0.424 e. The number of hydrogen-bond acceptors (Lipinski definition) is 10. The van der Waals surface area contributed by atoms with E-state index in [0.717, 1.165) is 44.1 Å². The summed E-state index contributed by atoms with van der Waals surface area (Å²) in [6.07, 6.45) is 26.1. The molecule has 1 unspecified atom stereocenters. The van der Waals surface area contributed by atoms with Crippen LogP contribution in [-0.2, 0) is 42.8 Å². The van der Waals surface area contributed by atoms with E-state index in [2.05, 4.69) is 13.8 Å². The van der Waals surface area contributed by atoms with E-state index < -0.39 is 23.2 Å². The molecule has 0 aliphatic heterocycles. The molecule has 1 rings (SSSR count). The van der Waals surface area contributed by atoms with Crippen molar-refractivity contribution in [2.45, 2.75) is 186 Å². The van der Waals surface area contributed by atoms with Gasteiger partial charge in [0, 0.05) is 24.1 Å². The van der Waals surface area contributed by atoms with Crippen molar-refractivity contribution in [3.8, 4) is 0 Å². The quantitative estimate of drug-likeness (QED) is 0.0212. The largest absolute Gasteiger partial charge is 0.744 e. The molecule has 1 aromatic carbocycles. The Morgan fingerprint density at radius 3 is 1.47 bits per heavy atom. The number of rotatable bonds is 35. The fourth-order valence-electron chi connectivity index (χ4n) is 5.82. The highest BCUT2D eigenvalue weighted by Crippen LogP contribution is 2.53. The van der Waals surface area contributed by atoms with Gasteiger partial charge in [0.05, 0.1) is 32.6 Å². The van der Waals surface area contributed by atoms with Crippen LogP contribution in [0.25, 0.3) is 0 Å². The van der Waals surface area contributed by atoms with E-state index in [-0.39, 0.29) is 43.1 Å². The average molecular weight is 869 g/mol. The van der Waals surface area contributed by atoms with Gasteiger partial charge in [-0.3, -0.25) is 18.6 Å². The number of benzene rings is 1. The maximum atomic E-state index is 12.6. The van der Waals surface area contributed by atoms with Gasteiger partial charge in [-0.25, -0.2) is 13.0 Å². The summed E-state index contributed by atoms with van der Waals surface area (Å²) in [5.41, 5.74) is 0.928. The van der Waals surface area contributed by atoms with Crippen molar-refractivity contribution >= 4 is 40.2 Å². The first-order valence-corrected chi connectivity index (χ1v) is 25.6. The van der Waals surface area contributed by atoms with Crippen LogP contribution in [0.2, 0.25) is 0 Å². The number of esters is 2. The number of carbonyl (C=O) groups excluding carboxylic acids is 2. The summed E-state index contributed by atoms with van der Waals surface area (Å²) < 4.78 is 66.0. The highest BCUT2D eigenvalue weighted by molar-refractivity contribution is 7.85. The maximum absolute atomic E-state index is 12.6. The summed E-state index contributed by atoms with van der Waals surface area (Å²) in [5.74, 6) is -0.725. The summed E-state index contributed by atoms with van der Waals surface area (Å²) in [5, 5.41) is 0. The van der Waals surface area contributed by atoms with Gasteiger partial charge in [-0.15, -0.1) is 0 Å². The van der Waals surface area contributed by atoms with E-state index in [1.54, 1.807) is 12.1 Å². The van der Waals surface area contributed by atoms with Crippen LogP contribution in [0.5, 0.6) is 0 Å². The molecular weight excluding hydrogens is 789 g/mol. The lowest BCUT2D eigenvalue weighted by molar-refractivity contribution is -0.870. The monoisotopic (exact) mass is 867 g/mol. The number of unbranched alkanes of at least 4 members (excludes halogenated alkanes) is 20. The summed E-state index contributed by atoms with van der Waals surface area (Å²) >= 11 is 6.01. The number of halogens is 1. The van der Waals surface area contributed by atoms with Gasteiger partial charge in [0.15, 0.2) is 6.10 Å². The third-order valence-corrected chi connectivity index (χ3v) is 11.8. The zero-order valence-electron chi connectivity index (χ0n) is 36.4. The number of ether oxygens (including phenoxy) is 2. The number of quaternary nitrogens is 1. The third kappa shape index (κ3) is 37.2. The molecule has 334 valence electrons. The average Bonchev–Trinajstić information content (AvgIpc) is 3.13. The van der Waals surface area contributed by atoms with Crippen LogP contribution in [0.3, 0.4) is 0 Å². The number of aryl methyl sites for hydroxylation is 1. The van der Waals surface area contributed by atoms with E-state index in [9.17, 15) is 27.1 Å². The Hall–Kier alpha value is -1.53. The molecule has 0 heterocycles. The zero-order valence-corrected chi connectivity index (χ0v) is 38.9. The van der Waals surface area contributed by atoms with Gasteiger partial charge in [0.25, 0.3) is 0 Å². The molecule has 57 heavy (non-hydrogen) atoms. The standard InChI is InChI=1S/C36H72ClNO7P.C7H8O3S/c1-6-8-10-12-14-16-18-20-22-24-26-28-35(39)42-32-34(33-44-46(37,41)43-31-30-38(3,4)5)45-36(40)29-27-25-23-21-19-17-15-13-11-9-7-2;1-6-2-4-7(5-3-6)11(8,9)10/h34H,6-33H2,1-5H3;2-5H,1H3,(H,8,9,10)/q+1;/p-1/t34-,46?;/m0./s1. The summed E-state index contributed by atoms with van der Waals surface area (Å²) in [4.78, 5) is 24.8. The Morgan fingerprint density at radius 2 is 1.07 bits per heavy atom. The van der Waals surface area contributed by atoms with Crippen molar-refractivity contribution in [2.75, 3.05) is 47.5 Å². The Morgan fingerprint density at radius 1 is 0.667 bits per heavy atom. The fraction of sp³-hybridized carbons (Fsp3) is 0.814. The van der Waals surface area contributed by atoms with E-state index in [1.165, 1.54) is 115 Å². The molecule has 14 heteroatoms. The topological polar surface area (TPSA) is 145 Å². The molecule has 0 amide bonds. The fourth-order valence-corrected chi connectivity index (χ4v) is 7.39. The molecule has 0 fully saturated rings. The first-order chi connectivity index (χ1) is 27.0. The Labute approximate surface area is 352 Å². The Bertz CT molecular complexity index is 1310. The molecule has 11 nitrogen and oxygen atoms in total. The highest BCUT2D eigenvalue weighted by atomic mass is 35.7. The van der Waals surface area contributed by atoms with Crippen molar-refractivity contribution < 1.29 is 50.1 Å². The summed E-state index contributed by atoms with van der Waals surface area (Å²) in [7, 11) is 1.69. The van der Waals surface area contributed by atoms with Crippen molar-refractivity contribution in [1.29, 1.82) is 0 Å². The zero-order chi connectivity index (χ0) is 42.8. The molecule has 0 bridgehead atoms. The van der Waals surface area contributed by atoms with Gasteiger partial charge in [-0.2, -0.15) is 0 Å². The molecule has 0 N–H and O–H groups in total. The van der Waals surface area contributed by atoms with E-state index in [4.69, 9.17) is 29.8 Å². The van der Waals surface area contributed by atoms with Crippen molar-refractivity contribution in [3.05, 3.63) is 29.8 Å². The van der Waals surface area contributed by atoms with Crippen LogP contribution >= 0.6 is 18.2 Å². The minimum absolute atomic E-state index is 0.154. The summed E-state index contributed by atoms with van der Waals surface area (Å²) in [6, 6.07) is 5.78. The lowest BCUT2D eigenvalue weighted by Gasteiger charge is -2.24. The molecule has 0 aromatic heterocycles. The molecule has 0 aliphatic carbocycles. The number of carbonyl (C=O) groups is 2. The summed E-state index contributed by atoms with van der Waals surface area (Å²) in [6.45, 7) is 2.72. The van der Waals surface area contributed by atoms with Gasteiger partial charge in [-0.05, 0) is 31.9 Å². The van der Waals surface area contributed by atoms with E-state index in [0.29, 0.717) is 17.4 Å². The Balaban J connectivity index is 0.00000242. The molecule has 1 aromatic rings. The molecular formula is C43H79ClNO10PS. The van der Waals surface area contributed by atoms with Crippen molar-refractivity contribution in [3.63, 3.8) is 0 Å². The molecule has 0 aliphatic rings. The van der Waals surface area contributed by atoms with Crippen LogP contribution in [0.4, 0.5) is 0 Å². The molecule has 2 atom stereocenters.